The highest BCUT2D eigenvalue weighted by Crippen LogP contribution is 2.24. The number of sulfone groups is 1. The van der Waals surface area contributed by atoms with Crippen molar-refractivity contribution in [1.29, 1.82) is 0 Å². The van der Waals surface area contributed by atoms with Gasteiger partial charge in [-0.2, -0.15) is 11.8 Å². The van der Waals surface area contributed by atoms with E-state index >= 15 is 0 Å². The molecular weight excluding hydrogens is 306 g/mol. The smallest absolute Gasteiger partial charge is 0.226 e. The Morgan fingerprint density at radius 1 is 1.58 bits per heavy atom. The molecule has 1 aliphatic rings. The predicted octanol–water partition coefficient (Wildman–Crippen LogP) is 1.45. The first-order valence-electron chi connectivity index (χ1n) is 5.85. The molecule has 0 saturated carbocycles. The summed E-state index contributed by atoms with van der Waals surface area (Å²) in [5, 5.41) is -0.549. The number of nitrogens with zero attached hydrogens (tertiary/aromatic N) is 3. The van der Waals surface area contributed by atoms with Gasteiger partial charge in [0.2, 0.25) is 5.95 Å². The fraction of sp³-hybridized carbons (Fsp3) is 0.636. The SMILES string of the molecule is Cc1nc(N2CCSCC2S(C)(=O)=O)ncc1CCl. The van der Waals surface area contributed by atoms with E-state index < -0.39 is 15.2 Å². The van der Waals surface area contributed by atoms with Gasteiger partial charge in [-0.05, 0) is 6.92 Å². The minimum atomic E-state index is -3.15. The zero-order valence-electron chi connectivity index (χ0n) is 10.8. The van der Waals surface area contributed by atoms with Crippen molar-refractivity contribution in [3.8, 4) is 0 Å². The van der Waals surface area contributed by atoms with E-state index in [4.69, 9.17) is 11.6 Å². The largest absolute Gasteiger partial charge is 0.322 e. The van der Waals surface area contributed by atoms with E-state index in [0.29, 0.717) is 24.1 Å². The number of hydrogen-bond donors (Lipinski definition) is 0. The fourth-order valence-corrected chi connectivity index (χ4v) is 4.99. The Balaban J connectivity index is 2.35. The van der Waals surface area contributed by atoms with Crippen LogP contribution in [-0.4, -0.2) is 48.1 Å². The lowest BCUT2D eigenvalue weighted by molar-refractivity contribution is 0.582. The number of rotatable bonds is 3. The molecule has 106 valence electrons. The molecule has 0 aliphatic carbocycles. The Morgan fingerprint density at radius 3 is 2.89 bits per heavy atom. The van der Waals surface area contributed by atoms with Gasteiger partial charge in [0.1, 0.15) is 5.37 Å². The van der Waals surface area contributed by atoms with Crippen molar-refractivity contribution in [1.82, 2.24) is 9.97 Å². The van der Waals surface area contributed by atoms with Gasteiger partial charge in [-0.15, -0.1) is 11.6 Å². The highest BCUT2D eigenvalue weighted by molar-refractivity contribution is 8.01. The third-order valence-electron chi connectivity index (χ3n) is 3.05. The third-order valence-corrected chi connectivity index (χ3v) is 5.98. The molecule has 0 spiro atoms. The molecule has 1 aromatic heterocycles. The van der Waals surface area contributed by atoms with Gasteiger partial charge in [0.25, 0.3) is 0 Å². The Kier molecular flexibility index (Phi) is 4.58. The summed E-state index contributed by atoms with van der Waals surface area (Å²) in [7, 11) is -3.15. The summed E-state index contributed by atoms with van der Waals surface area (Å²) >= 11 is 7.42. The molecule has 19 heavy (non-hydrogen) atoms. The first kappa shape index (κ1) is 14.9. The van der Waals surface area contributed by atoms with E-state index in [-0.39, 0.29) is 0 Å². The normalized spacial score (nSPS) is 20.6. The van der Waals surface area contributed by atoms with E-state index in [1.54, 1.807) is 22.9 Å². The lowest BCUT2D eigenvalue weighted by atomic mass is 10.3. The summed E-state index contributed by atoms with van der Waals surface area (Å²) in [5.74, 6) is 2.27. The van der Waals surface area contributed by atoms with Gasteiger partial charge in [0.05, 0.1) is 5.88 Å². The predicted molar refractivity (Wildman–Crippen MR) is 79.6 cm³/mol. The maximum absolute atomic E-state index is 11.8. The van der Waals surface area contributed by atoms with Gasteiger partial charge in [-0.3, -0.25) is 0 Å². The van der Waals surface area contributed by atoms with Crippen LogP contribution >= 0.6 is 23.4 Å². The molecule has 1 atom stereocenters. The minimum absolute atomic E-state index is 0.359. The molecule has 0 N–H and O–H groups in total. The maximum Gasteiger partial charge on any atom is 0.226 e. The summed E-state index contributed by atoms with van der Waals surface area (Å²) in [4.78, 5) is 10.4. The maximum atomic E-state index is 11.8. The topological polar surface area (TPSA) is 63.2 Å². The molecule has 1 saturated heterocycles. The number of thioether (sulfide) groups is 1. The first-order chi connectivity index (χ1) is 8.93. The third kappa shape index (κ3) is 3.32. The molecule has 1 unspecified atom stereocenters. The zero-order valence-corrected chi connectivity index (χ0v) is 13.2. The van der Waals surface area contributed by atoms with E-state index in [2.05, 4.69) is 9.97 Å². The van der Waals surface area contributed by atoms with Crippen LogP contribution < -0.4 is 4.90 Å². The Morgan fingerprint density at radius 2 is 2.32 bits per heavy atom. The molecule has 1 aromatic rings. The number of hydrogen-bond acceptors (Lipinski definition) is 6. The molecule has 2 rings (SSSR count). The summed E-state index contributed by atoms with van der Waals surface area (Å²) in [5.41, 5.74) is 1.66. The molecule has 1 fully saturated rings. The van der Waals surface area contributed by atoms with Crippen LogP contribution in [0.4, 0.5) is 5.95 Å². The van der Waals surface area contributed by atoms with Gasteiger partial charge in [0, 0.05) is 41.8 Å². The number of anilines is 1. The van der Waals surface area contributed by atoms with Crippen molar-refractivity contribution in [3.63, 3.8) is 0 Å². The lowest BCUT2D eigenvalue weighted by Crippen LogP contribution is -2.47. The number of alkyl halides is 1. The van der Waals surface area contributed by atoms with Gasteiger partial charge in [-0.1, -0.05) is 0 Å². The van der Waals surface area contributed by atoms with Crippen LogP contribution in [0.1, 0.15) is 11.3 Å². The number of aromatic nitrogens is 2. The molecule has 8 heteroatoms. The summed E-state index contributed by atoms with van der Waals surface area (Å²) in [6.45, 7) is 2.50. The average Bonchev–Trinajstić information content (AvgIpc) is 2.37. The monoisotopic (exact) mass is 321 g/mol. The van der Waals surface area contributed by atoms with Crippen LogP contribution in [0.15, 0.2) is 6.20 Å². The molecule has 0 radical (unpaired) electrons. The van der Waals surface area contributed by atoms with Crippen molar-refractivity contribution in [2.45, 2.75) is 18.2 Å². The number of aryl methyl sites for hydroxylation is 1. The number of halogens is 1. The molecular formula is C11H16ClN3O2S2. The Hall–Kier alpha value is -0.530. The minimum Gasteiger partial charge on any atom is -0.322 e. The second-order valence-corrected chi connectivity index (χ2v) is 8.09. The van der Waals surface area contributed by atoms with Gasteiger partial charge < -0.3 is 4.90 Å². The summed E-state index contributed by atoms with van der Waals surface area (Å²) < 4.78 is 23.7. The standard InChI is InChI=1S/C11H16ClN3O2S2/c1-8-9(5-12)6-13-11(14-8)15-3-4-18-7-10(15)19(2,16)17/h6,10H,3-5,7H2,1-2H3. The van der Waals surface area contributed by atoms with E-state index in [0.717, 1.165) is 17.0 Å². The van der Waals surface area contributed by atoms with Crippen molar-refractivity contribution >= 4 is 39.1 Å². The Labute approximate surface area is 122 Å². The first-order valence-corrected chi connectivity index (χ1v) is 9.49. The van der Waals surface area contributed by atoms with Crippen LogP contribution in [0.3, 0.4) is 0 Å². The lowest BCUT2D eigenvalue weighted by Gasteiger charge is -2.34. The van der Waals surface area contributed by atoms with Crippen molar-refractivity contribution < 1.29 is 8.42 Å². The van der Waals surface area contributed by atoms with Crippen LogP contribution in [0, 0.1) is 6.92 Å². The van der Waals surface area contributed by atoms with Gasteiger partial charge in [0.15, 0.2) is 9.84 Å². The van der Waals surface area contributed by atoms with E-state index in [1.807, 2.05) is 6.92 Å². The fourth-order valence-electron chi connectivity index (χ4n) is 1.91. The van der Waals surface area contributed by atoms with Crippen LogP contribution in [0.25, 0.3) is 0 Å². The molecule has 1 aliphatic heterocycles. The molecule has 0 bridgehead atoms. The summed E-state index contributed by atoms with van der Waals surface area (Å²) in [6, 6.07) is 0. The zero-order chi connectivity index (χ0) is 14.0. The van der Waals surface area contributed by atoms with Crippen LogP contribution in [0.5, 0.6) is 0 Å². The second-order valence-electron chi connectivity index (χ2n) is 4.47. The molecule has 2 heterocycles. The van der Waals surface area contributed by atoms with Gasteiger partial charge >= 0.3 is 0 Å². The average molecular weight is 322 g/mol. The quantitative estimate of drug-likeness (QED) is 0.785. The van der Waals surface area contributed by atoms with Crippen LogP contribution in [0.2, 0.25) is 0 Å². The van der Waals surface area contributed by atoms with Crippen molar-refractivity contribution in [2.24, 2.45) is 0 Å². The summed E-state index contributed by atoms with van der Waals surface area (Å²) in [6.07, 6.45) is 2.93. The second kappa shape index (κ2) is 5.85. The molecule has 0 amide bonds. The molecule has 5 nitrogen and oxygen atoms in total. The highest BCUT2D eigenvalue weighted by atomic mass is 35.5. The van der Waals surface area contributed by atoms with Crippen molar-refractivity contribution in [2.75, 3.05) is 29.2 Å². The Bertz CT molecular complexity index is 565. The van der Waals surface area contributed by atoms with Gasteiger partial charge in [-0.25, -0.2) is 18.4 Å². The van der Waals surface area contributed by atoms with E-state index in [9.17, 15) is 8.42 Å². The molecule has 0 aromatic carbocycles. The van der Waals surface area contributed by atoms with E-state index in [1.165, 1.54) is 6.26 Å². The van der Waals surface area contributed by atoms with Crippen molar-refractivity contribution in [3.05, 3.63) is 17.5 Å². The van der Waals surface area contributed by atoms with Crippen LogP contribution in [-0.2, 0) is 15.7 Å². The highest BCUT2D eigenvalue weighted by Gasteiger charge is 2.32.